The summed E-state index contributed by atoms with van der Waals surface area (Å²) in [5.74, 6) is 0.811. The van der Waals surface area contributed by atoms with Crippen molar-refractivity contribution < 1.29 is 9.53 Å². The third-order valence-corrected chi connectivity index (χ3v) is 3.45. The Balaban J connectivity index is 1.86. The molecule has 1 aromatic carbocycles. The van der Waals surface area contributed by atoms with Crippen LogP contribution in [0.15, 0.2) is 18.2 Å². The van der Waals surface area contributed by atoms with Crippen molar-refractivity contribution in [2.75, 3.05) is 19.7 Å². The van der Waals surface area contributed by atoms with Crippen molar-refractivity contribution in [2.24, 2.45) is 5.73 Å². The van der Waals surface area contributed by atoms with Gasteiger partial charge in [-0.15, -0.1) is 0 Å². The van der Waals surface area contributed by atoms with Crippen LogP contribution in [0.1, 0.15) is 24.0 Å². The van der Waals surface area contributed by atoms with Gasteiger partial charge in [0.25, 0.3) is 5.91 Å². The van der Waals surface area contributed by atoms with Gasteiger partial charge in [-0.2, -0.15) is 0 Å². The van der Waals surface area contributed by atoms with Crippen LogP contribution in [0.5, 0.6) is 5.75 Å². The molecule has 1 aromatic rings. The summed E-state index contributed by atoms with van der Waals surface area (Å²) in [4.78, 5) is 13.8. The fourth-order valence-electron chi connectivity index (χ4n) is 2.40. The molecule has 0 atom stereocenters. The number of carbonyl (C=O) groups excluding carboxylic acids is 1. The van der Waals surface area contributed by atoms with Crippen LogP contribution >= 0.6 is 0 Å². The lowest BCUT2D eigenvalue weighted by atomic mass is 10.1. The van der Waals surface area contributed by atoms with Crippen molar-refractivity contribution >= 4 is 5.91 Å². The monoisotopic (exact) mass is 262 g/mol. The zero-order valence-corrected chi connectivity index (χ0v) is 11.7. The van der Waals surface area contributed by atoms with Crippen LogP contribution in [0, 0.1) is 13.8 Å². The molecule has 0 radical (unpaired) electrons. The summed E-state index contributed by atoms with van der Waals surface area (Å²) in [6.45, 7) is 5.64. The number of carbonyl (C=O) groups is 1. The first-order chi connectivity index (χ1) is 9.04. The topological polar surface area (TPSA) is 55.6 Å². The molecule has 0 unspecified atom stereocenters. The number of nitrogens with zero attached hydrogens (tertiary/aromatic N) is 1. The first kappa shape index (κ1) is 13.9. The largest absolute Gasteiger partial charge is 0.484 e. The number of hydrogen-bond donors (Lipinski definition) is 1. The van der Waals surface area contributed by atoms with Crippen LogP contribution in [-0.2, 0) is 4.79 Å². The van der Waals surface area contributed by atoms with Gasteiger partial charge in [0.2, 0.25) is 0 Å². The number of piperidine rings is 1. The van der Waals surface area contributed by atoms with E-state index in [0.717, 1.165) is 42.8 Å². The Morgan fingerprint density at radius 1 is 1.26 bits per heavy atom. The zero-order valence-electron chi connectivity index (χ0n) is 11.7. The van der Waals surface area contributed by atoms with E-state index >= 15 is 0 Å². The first-order valence-electron chi connectivity index (χ1n) is 6.79. The Morgan fingerprint density at radius 2 is 1.84 bits per heavy atom. The maximum absolute atomic E-state index is 12.0. The summed E-state index contributed by atoms with van der Waals surface area (Å²) >= 11 is 0. The summed E-state index contributed by atoms with van der Waals surface area (Å²) in [7, 11) is 0. The van der Waals surface area contributed by atoms with Gasteiger partial charge in [-0.05, 0) is 49.9 Å². The van der Waals surface area contributed by atoms with Gasteiger partial charge in [0.1, 0.15) is 5.75 Å². The number of aryl methyl sites for hydroxylation is 2. The number of nitrogens with two attached hydrogens (primary N) is 1. The number of hydrogen-bond acceptors (Lipinski definition) is 3. The zero-order chi connectivity index (χ0) is 13.8. The molecule has 2 N–H and O–H groups in total. The number of amides is 1. The molecule has 1 amide bonds. The maximum atomic E-state index is 12.0. The predicted octanol–water partition coefficient (Wildman–Crippen LogP) is 1.63. The highest BCUT2D eigenvalue weighted by Gasteiger charge is 2.20. The molecule has 19 heavy (non-hydrogen) atoms. The molecule has 0 aromatic heterocycles. The van der Waals surface area contributed by atoms with Gasteiger partial charge in [-0.25, -0.2) is 0 Å². The van der Waals surface area contributed by atoms with E-state index in [4.69, 9.17) is 10.5 Å². The van der Waals surface area contributed by atoms with Gasteiger partial charge in [0, 0.05) is 19.1 Å². The molecule has 1 aliphatic rings. The van der Waals surface area contributed by atoms with E-state index in [-0.39, 0.29) is 18.6 Å². The second kappa shape index (κ2) is 6.06. The van der Waals surface area contributed by atoms with E-state index in [1.165, 1.54) is 0 Å². The van der Waals surface area contributed by atoms with Crippen LogP contribution in [0.3, 0.4) is 0 Å². The molecule has 2 rings (SSSR count). The molecule has 1 heterocycles. The lowest BCUT2D eigenvalue weighted by molar-refractivity contribution is -0.134. The predicted molar refractivity (Wildman–Crippen MR) is 75.2 cm³/mol. The van der Waals surface area contributed by atoms with Gasteiger partial charge in [0.15, 0.2) is 6.61 Å². The molecule has 1 saturated heterocycles. The Hall–Kier alpha value is -1.55. The average molecular weight is 262 g/mol. The number of ether oxygens (including phenoxy) is 1. The summed E-state index contributed by atoms with van der Waals surface area (Å²) in [6.07, 6.45) is 1.77. The molecule has 1 aliphatic heterocycles. The summed E-state index contributed by atoms with van der Waals surface area (Å²) in [5, 5.41) is 0. The van der Waals surface area contributed by atoms with E-state index < -0.39 is 0 Å². The summed E-state index contributed by atoms with van der Waals surface area (Å²) < 4.78 is 5.59. The summed E-state index contributed by atoms with van der Waals surface area (Å²) in [6, 6.07) is 6.23. The number of benzene rings is 1. The minimum Gasteiger partial charge on any atom is -0.484 e. The van der Waals surface area contributed by atoms with Crippen molar-refractivity contribution in [3.05, 3.63) is 29.3 Å². The van der Waals surface area contributed by atoms with Crippen molar-refractivity contribution in [1.82, 2.24) is 4.90 Å². The SMILES string of the molecule is Cc1cc(C)cc(OCC(=O)N2CCC(N)CC2)c1. The van der Waals surface area contributed by atoms with Crippen molar-refractivity contribution in [2.45, 2.75) is 32.7 Å². The third kappa shape index (κ3) is 3.96. The second-order valence-electron chi connectivity index (χ2n) is 5.33. The Kier molecular flexibility index (Phi) is 4.43. The highest BCUT2D eigenvalue weighted by molar-refractivity contribution is 5.77. The van der Waals surface area contributed by atoms with Crippen molar-refractivity contribution in [3.8, 4) is 5.75 Å². The Labute approximate surface area is 114 Å². The lowest BCUT2D eigenvalue weighted by Crippen LogP contribution is -2.44. The van der Waals surface area contributed by atoms with Gasteiger partial charge >= 0.3 is 0 Å². The quantitative estimate of drug-likeness (QED) is 0.901. The molecule has 4 heteroatoms. The molecule has 104 valence electrons. The normalized spacial score (nSPS) is 16.5. The highest BCUT2D eigenvalue weighted by atomic mass is 16.5. The third-order valence-electron chi connectivity index (χ3n) is 3.45. The molecule has 0 saturated carbocycles. The fraction of sp³-hybridized carbons (Fsp3) is 0.533. The van der Waals surface area contributed by atoms with Gasteiger partial charge < -0.3 is 15.4 Å². The summed E-state index contributed by atoms with van der Waals surface area (Å²) in [5.41, 5.74) is 8.12. The first-order valence-corrected chi connectivity index (χ1v) is 6.79. The van der Waals surface area contributed by atoms with E-state index in [9.17, 15) is 4.79 Å². The Bertz CT molecular complexity index is 431. The standard InChI is InChI=1S/C15H22N2O2/c1-11-7-12(2)9-14(8-11)19-10-15(18)17-5-3-13(16)4-6-17/h7-9,13H,3-6,10,16H2,1-2H3. The lowest BCUT2D eigenvalue weighted by Gasteiger charge is -2.30. The van der Waals surface area contributed by atoms with Crippen LogP contribution in [0.25, 0.3) is 0 Å². The van der Waals surface area contributed by atoms with Crippen LogP contribution < -0.4 is 10.5 Å². The molecular formula is C15H22N2O2. The van der Waals surface area contributed by atoms with Crippen molar-refractivity contribution in [1.29, 1.82) is 0 Å². The van der Waals surface area contributed by atoms with Gasteiger partial charge in [-0.3, -0.25) is 4.79 Å². The molecule has 0 bridgehead atoms. The molecule has 4 nitrogen and oxygen atoms in total. The van der Waals surface area contributed by atoms with Gasteiger partial charge in [-0.1, -0.05) is 6.07 Å². The van der Waals surface area contributed by atoms with Crippen LogP contribution in [-0.4, -0.2) is 36.5 Å². The molecule has 0 spiro atoms. The minimum absolute atomic E-state index is 0.0473. The van der Waals surface area contributed by atoms with Gasteiger partial charge in [0.05, 0.1) is 0 Å². The van der Waals surface area contributed by atoms with E-state index in [1.807, 2.05) is 30.9 Å². The molecular weight excluding hydrogens is 240 g/mol. The van der Waals surface area contributed by atoms with E-state index in [2.05, 4.69) is 6.07 Å². The molecule has 0 aliphatic carbocycles. The number of rotatable bonds is 3. The van der Waals surface area contributed by atoms with Crippen LogP contribution in [0.4, 0.5) is 0 Å². The molecule has 1 fully saturated rings. The smallest absolute Gasteiger partial charge is 0.260 e. The fourth-order valence-corrected chi connectivity index (χ4v) is 2.40. The second-order valence-corrected chi connectivity index (χ2v) is 5.33. The number of likely N-dealkylation sites (tertiary alicyclic amines) is 1. The average Bonchev–Trinajstić information content (AvgIpc) is 2.36. The minimum atomic E-state index is 0.0473. The highest BCUT2D eigenvalue weighted by Crippen LogP contribution is 2.16. The maximum Gasteiger partial charge on any atom is 0.260 e. The van der Waals surface area contributed by atoms with E-state index in [1.54, 1.807) is 0 Å². The van der Waals surface area contributed by atoms with Crippen molar-refractivity contribution in [3.63, 3.8) is 0 Å². The van der Waals surface area contributed by atoms with E-state index in [0.29, 0.717) is 0 Å². The van der Waals surface area contributed by atoms with Crippen LogP contribution in [0.2, 0.25) is 0 Å². The Morgan fingerprint density at radius 3 is 2.42 bits per heavy atom.